The van der Waals surface area contributed by atoms with E-state index < -0.39 is 12.1 Å². The number of carboxylic acids is 1. The van der Waals surface area contributed by atoms with Crippen LogP contribution in [0, 0.1) is 0 Å². The Labute approximate surface area is 193 Å². The number of rotatable bonds is 10. The number of carbonyl (C=O) groups is 1. The third-order valence-electron chi connectivity index (χ3n) is 5.23. The Balaban J connectivity index is 1.44. The first-order valence-corrected chi connectivity index (χ1v) is 11.1. The second-order valence-electron chi connectivity index (χ2n) is 7.38. The molecule has 5 nitrogen and oxygen atoms in total. The van der Waals surface area contributed by atoms with Crippen molar-refractivity contribution >= 4 is 34.7 Å². The minimum Gasteiger partial charge on any atom is -0.492 e. The van der Waals surface area contributed by atoms with Crippen molar-refractivity contribution in [2.24, 2.45) is 0 Å². The Hall–Kier alpha value is -2.05. The molecule has 0 radical (unpaired) electrons. The van der Waals surface area contributed by atoms with Crippen LogP contribution in [-0.4, -0.2) is 54.9 Å². The summed E-state index contributed by atoms with van der Waals surface area (Å²) in [6, 6.07) is 13.1. The summed E-state index contributed by atoms with van der Waals surface area (Å²) in [5.74, 6) is -0.174. The van der Waals surface area contributed by atoms with Crippen LogP contribution < -0.4 is 4.74 Å². The summed E-state index contributed by atoms with van der Waals surface area (Å²) in [5, 5.41) is 10.5. The molecule has 1 unspecified atom stereocenters. The lowest BCUT2D eigenvalue weighted by Crippen LogP contribution is -2.32. The first-order valence-electron chi connectivity index (χ1n) is 10.4. The lowest BCUT2D eigenvalue weighted by molar-refractivity contribution is -0.149. The number of halogens is 2. The van der Waals surface area contributed by atoms with Gasteiger partial charge in [-0.15, -0.1) is 0 Å². The highest BCUT2D eigenvalue weighted by Crippen LogP contribution is 2.30. The van der Waals surface area contributed by atoms with E-state index in [0.717, 1.165) is 42.9 Å². The highest BCUT2D eigenvalue weighted by molar-refractivity contribution is 6.35. The summed E-state index contributed by atoms with van der Waals surface area (Å²) >= 11 is 12.3. The maximum Gasteiger partial charge on any atom is 0.333 e. The van der Waals surface area contributed by atoms with E-state index in [1.807, 2.05) is 36.4 Å². The van der Waals surface area contributed by atoms with E-state index in [4.69, 9.17) is 32.7 Å². The normalized spacial score (nSPS) is 15.4. The van der Waals surface area contributed by atoms with Crippen LogP contribution in [0.3, 0.4) is 0 Å². The first kappa shape index (κ1) is 23.6. The van der Waals surface area contributed by atoms with Crippen molar-refractivity contribution < 1.29 is 19.4 Å². The monoisotopic (exact) mass is 463 g/mol. The lowest BCUT2D eigenvalue weighted by atomic mass is 9.99. The zero-order valence-corrected chi connectivity index (χ0v) is 19.0. The minimum atomic E-state index is -0.945. The number of hydrogen-bond acceptors (Lipinski definition) is 4. The smallest absolute Gasteiger partial charge is 0.333 e. The molecule has 0 amide bonds. The second-order valence-corrected chi connectivity index (χ2v) is 8.23. The van der Waals surface area contributed by atoms with Crippen LogP contribution >= 0.6 is 23.2 Å². The molecular weight excluding hydrogens is 437 g/mol. The van der Waals surface area contributed by atoms with Crippen molar-refractivity contribution in [2.75, 3.05) is 32.8 Å². The second kappa shape index (κ2) is 11.5. The Morgan fingerprint density at radius 2 is 1.97 bits per heavy atom. The number of benzene rings is 2. The molecule has 0 spiro atoms. The number of hydrogen-bond donors (Lipinski definition) is 1. The van der Waals surface area contributed by atoms with Gasteiger partial charge in [-0.3, -0.25) is 4.90 Å². The summed E-state index contributed by atoms with van der Waals surface area (Å²) in [6.07, 6.45) is 2.66. The molecule has 0 bridgehead atoms. The Bertz CT molecular complexity index is 914. The molecule has 0 saturated heterocycles. The van der Waals surface area contributed by atoms with Crippen LogP contribution in [0.2, 0.25) is 10.0 Å². The molecule has 1 N–H and O–H groups in total. The van der Waals surface area contributed by atoms with Crippen molar-refractivity contribution in [1.82, 2.24) is 4.90 Å². The molecule has 1 heterocycles. The van der Waals surface area contributed by atoms with Crippen molar-refractivity contribution in [3.63, 3.8) is 0 Å². The Kier molecular flexibility index (Phi) is 8.79. The van der Waals surface area contributed by atoms with E-state index in [1.165, 1.54) is 5.57 Å². The van der Waals surface area contributed by atoms with Gasteiger partial charge in [-0.25, -0.2) is 4.79 Å². The van der Waals surface area contributed by atoms with Crippen molar-refractivity contribution in [1.29, 1.82) is 0 Å². The van der Waals surface area contributed by atoms with Crippen molar-refractivity contribution in [3.05, 3.63) is 69.7 Å². The topological polar surface area (TPSA) is 59.0 Å². The summed E-state index contributed by atoms with van der Waals surface area (Å²) in [7, 11) is 0. The zero-order valence-electron chi connectivity index (χ0n) is 17.5. The molecule has 2 aromatic rings. The standard InChI is InChI=1S/C24H27Cl2NO4/c1-2-30-23(24(28)29)15-17-3-6-20(7-4-17)31-14-13-27-11-9-18(10-12-27)21-8-5-19(25)16-22(21)26/h3-9,16,23H,2,10-15H2,1H3,(H,28,29). The third-order valence-corrected chi connectivity index (χ3v) is 5.78. The molecule has 166 valence electrons. The average molecular weight is 464 g/mol. The summed E-state index contributed by atoms with van der Waals surface area (Å²) in [6.45, 7) is 5.37. The molecule has 7 heteroatoms. The molecule has 2 aromatic carbocycles. The van der Waals surface area contributed by atoms with Gasteiger partial charge in [-0.2, -0.15) is 0 Å². The highest BCUT2D eigenvalue weighted by atomic mass is 35.5. The van der Waals surface area contributed by atoms with Gasteiger partial charge in [0.05, 0.1) is 0 Å². The van der Waals surface area contributed by atoms with Gasteiger partial charge in [0.15, 0.2) is 6.10 Å². The highest BCUT2D eigenvalue weighted by Gasteiger charge is 2.18. The van der Waals surface area contributed by atoms with Gasteiger partial charge >= 0.3 is 5.97 Å². The summed E-state index contributed by atoms with van der Waals surface area (Å²) in [4.78, 5) is 13.5. The molecule has 1 aliphatic rings. The van der Waals surface area contributed by atoms with E-state index in [2.05, 4.69) is 11.0 Å². The van der Waals surface area contributed by atoms with Crippen LogP contribution in [-0.2, 0) is 16.0 Å². The average Bonchev–Trinajstić information content (AvgIpc) is 2.75. The predicted molar refractivity (Wildman–Crippen MR) is 124 cm³/mol. The molecule has 1 atom stereocenters. The van der Waals surface area contributed by atoms with Crippen LogP contribution in [0.15, 0.2) is 48.5 Å². The maximum atomic E-state index is 11.2. The van der Waals surface area contributed by atoms with Crippen LogP contribution in [0.25, 0.3) is 5.57 Å². The van der Waals surface area contributed by atoms with E-state index in [0.29, 0.717) is 29.7 Å². The molecule has 1 aliphatic heterocycles. The fourth-order valence-electron chi connectivity index (χ4n) is 3.56. The van der Waals surface area contributed by atoms with Gasteiger partial charge in [0.1, 0.15) is 12.4 Å². The van der Waals surface area contributed by atoms with Gasteiger partial charge in [-0.1, -0.05) is 47.5 Å². The first-order chi connectivity index (χ1) is 15.0. The van der Waals surface area contributed by atoms with Gasteiger partial charge in [0.25, 0.3) is 0 Å². The molecule has 0 saturated carbocycles. The van der Waals surface area contributed by atoms with Gasteiger partial charge < -0.3 is 14.6 Å². The summed E-state index contributed by atoms with van der Waals surface area (Å²) < 4.78 is 11.1. The van der Waals surface area contributed by atoms with Crippen molar-refractivity contribution in [3.8, 4) is 5.75 Å². The number of nitrogens with zero attached hydrogens (tertiary/aromatic N) is 1. The van der Waals surface area contributed by atoms with E-state index in [9.17, 15) is 9.90 Å². The van der Waals surface area contributed by atoms with Gasteiger partial charge in [-0.05, 0) is 54.3 Å². The zero-order chi connectivity index (χ0) is 22.2. The molecule has 0 aromatic heterocycles. The Morgan fingerprint density at radius 3 is 2.58 bits per heavy atom. The fourth-order valence-corrected chi connectivity index (χ4v) is 4.09. The molecule has 0 aliphatic carbocycles. The van der Waals surface area contributed by atoms with Gasteiger partial charge in [0, 0.05) is 42.7 Å². The Morgan fingerprint density at radius 1 is 1.19 bits per heavy atom. The predicted octanol–water partition coefficient (Wildman–Crippen LogP) is 5.19. The molecular formula is C24H27Cl2NO4. The number of ether oxygens (including phenoxy) is 2. The van der Waals surface area contributed by atoms with E-state index in [1.54, 1.807) is 13.0 Å². The molecule has 3 rings (SSSR count). The lowest BCUT2D eigenvalue weighted by Gasteiger charge is -2.26. The molecule has 0 fully saturated rings. The van der Waals surface area contributed by atoms with Crippen LogP contribution in [0.5, 0.6) is 5.75 Å². The molecule has 31 heavy (non-hydrogen) atoms. The third kappa shape index (κ3) is 6.97. The quantitative estimate of drug-likeness (QED) is 0.524. The minimum absolute atomic E-state index is 0.337. The number of aliphatic carboxylic acids is 1. The SMILES string of the molecule is CCOC(Cc1ccc(OCCN2CC=C(c3ccc(Cl)cc3Cl)CC2)cc1)C(=O)O. The van der Waals surface area contributed by atoms with E-state index in [-0.39, 0.29) is 0 Å². The van der Waals surface area contributed by atoms with Crippen LogP contribution in [0.1, 0.15) is 24.5 Å². The maximum absolute atomic E-state index is 11.2. The number of carboxylic acid groups (broad SMARTS) is 1. The summed E-state index contributed by atoms with van der Waals surface area (Å²) in [5.41, 5.74) is 3.21. The van der Waals surface area contributed by atoms with E-state index >= 15 is 0 Å². The largest absolute Gasteiger partial charge is 0.492 e. The fraction of sp³-hybridized carbons (Fsp3) is 0.375. The van der Waals surface area contributed by atoms with Gasteiger partial charge in [0.2, 0.25) is 0 Å². The van der Waals surface area contributed by atoms with Crippen molar-refractivity contribution in [2.45, 2.75) is 25.9 Å². The van der Waals surface area contributed by atoms with Crippen LogP contribution in [0.4, 0.5) is 0 Å².